The zero-order chi connectivity index (χ0) is 12.5. The molecule has 0 amide bonds. The van der Waals surface area contributed by atoms with Gasteiger partial charge in [0, 0.05) is 13.6 Å². The fraction of sp³-hybridized carbons (Fsp3) is 0.222. The molecule has 0 spiro atoms. The fourth-order valence-corrected chi connectivity index (χ4v) is 3.68. The van der Waals surface area contributed by atoms with Gasteiger partial charge in [-0.15, -0.1) is 0 Å². The summed E-state index contributed by atoms with van der Waals surface area (Å²) in [6, 6.07) is 0.705. The molecule has 1 rings (SSSR count). The van der Waals surface area contributed by atoms with E-state index in [2.05, 4.69) is 45.2 Å². The van der Waals surface area contributed by atoms with Gasteiger partial charge >= 0.3 is 5.97 Å². The summed E-state index contributed by atoms with van der Waals surface area (Å²) in [6.07, 6.45) is 0.266. The van der Waals surface area contributed by atoms with Gasteiger partial charge in [-0.05, 0) is 79.4 Å². The van der Waals surface area contributed by atoms with E-state index in [-0.39, 0.29) is 12.2 Å². The molecule has 1 aromatic carbocycles. The van der Waals surface area contributed by atoms with Crippen molar-refractivity contribution in [2.24, 2.45) is 5.73 Å². The van der Waals surface area contributed by atoms with Crippen molar-refractivity contribution < 1.29 is 15.0 Å². The molecule has 0 aliphatic rings. The van der Waals surface area contributed by atoms with Crippen LogP contribution in [0, 0.1) is 10.7 Å². The quantitative estimate of drug-likeness (QED) is 0.392. The molecule has 1 atom stereocenters. The Morgan fingerprint density at radius 3 is 2.44 bits per heavy atom. The minimum Gasteiger partial charge on any atom is -0.507 e. The fourth-order valence-electron chi connectivity index (χ4n) is 1.11. The minimum absolute atomic E-state index is 0.210. The van der Waals surface area contributed by atoms with Crippen molar-refractivity contribution in [2.75, 3.05) is 0 Å². The van der Waals surface area contributed by atoms with Crippen molar-refractivity contribution in [3.8, 4) is 5.75 Å². The maximum atomic E-state index is 10.7. The number of phenols is 1. The van der Waals surface area contributed by atoms with Gasteiger partial charge in [-0.1, -0.05) is 0 Å². The van der Waals surface area contributed by atoms with Gasteiger partial charge in [-0.2, -0.15) is 0 Å². The zero-order valence-electron chi connectivity index (χ0n) is 7.88. The van der Waals surface area contributed by atoms with Gasteiger partial charge in [0.2, 0.25) is 0 Å². The predicted octanol–water partition coefficient (Wildman–Crippen LogP) is 2.16. The Labute approximate surface area is 133 Å². The summed E-state index contributed by atoms with van der Waals surface area (Å²) < 4.78 is 2.42. The topological polar surface area (TPSA) is 83.5 Å². The summed E-state index contributed by atoms with van der Waals surface area (Å²) in [5.74, 6) is -0.809. The lowest BCUT2D eigenvalue weighted by Gasteiger charge is -2.13. The smallest absolute Gasteiger partial charge is 0.320 e. The number of carboxylic acids is 1. The number of carbonyl (C=O) groups is 1. The first kappa shape index (κ1) is 14.7. The molecule has 0 radical (unpaired) electrons. The summed E-state index contributed by atoms with van der Waals surface area (Å²) >= 11 is 6.19. The largest absolute Gasteiger partial charge is 0.507 e. The molecule has 88 valence electrons. The van der Waals surface area contributed by atoms with Crippen LogP contribution in [0.3, 0.4) is 0 Å². The molecule has 1 aromatic rings. The number of halogens is 3. The number of benzene rings is 1. The van der Waals surface area contributed by atoms with E-state index in [4.69, 9.17) is 10.8 Å². The minimum atomic E-state index is -1.02. The summed E-state index contributed by atoms with van der Waals surface area (Å²) in [6.45, 7) is 0. The number of hydrogen-bond acceptors (Lipinski definition) is 3. The molecule has 0 bridgehead atoms. The van der Waals surface area contributed by atoms with E-state index in [1.807, 2.05) is 22.6 Å². The molecule has 0 aromatic heterocycles. The first-order chi connectivity index (χ1) is 7.34. The number of carboxylic acid groups (broad SMARTS) is 1. The molecule has 0 saturated heterocycles. The number of nitrogens with two attached hydrogens (primary N) is 1. The van der Waals surface area contributed by atoms with Crippen molar-refractivity contribution in [1.82, 2.24) is 0 Å². The van der Waals surface area contributed by atoms with E-state index >= 15 is 0 Å². The SMILES string of the molecule is N[C@@H](Cc1c(I)cc(O)c(I)c1I)C(=O)O. The van der Waals surface area contributed by atoms with Gasteiger partial charge in [0.05, 0.1) is 3.57 Å². The van der Waals surface area contributed by atoms with Crippen LogP contribution in [0.4, 0.5) is 0 Å². The Morgan fingerprint density at radius 2 is 1.94 bits per heavy atom. The summed E-state index contributed by atoms with van der Waals surface area (Å²) in [7, 11) is 0. The van der Waals surface area contributed by atoms with Gasteiger partial charge in [0.25, 0.3) is 0 Å². The average Bonchev–Trinajstić information content (AvgIpc) is 2.20. The normalized spacial score (nSPS) is 12.5. The molecular formula is C9H8I3NO3. The standard InChI is InChI=1S/C9H8I3NO3/c10-4-2-6(14)8(12)7(11)3(4)1-5(13)9(15)16/h2,5,14H,1,13H2,(H,15,16)/t5-/m0/s1. The highest BCUT2D eigenvalue weighted by molar-refractivity contribution is 14.1. The molecule has 7 heteroatoms. The third kappa shape index (κ3) is 3.32. The van der Waals surface area contributed by atoms with E-state index in [0.717, 1.165) is 16.3 Å². The molecule has 0 heterocycles. The van der Waals surface area contributed by atoms with Crippen molar-refractivity contribution >= 4 is 73.7 Å². The molecule has 0 saturated carbocycles. The van der Waals surface area contributed by atoms with Crippen LogP contribution >= 0.6 is 67.8 Å². The van der Waals surface area contributed by atoms with Crippen LogP contribution in [0.2, 0.25) is 0 Å². The van der Waals surface area contributed by atoms with Crippen LogP contribution in [-0.4, -0.2) is 22.2 Å². The number of rotatable bonds is 3. The molecule has 4 N–H and O–H groups in total. The lowest BCUT2D eigenvalue weighted by atomic mass is 10.1. The summed E-state index contributed by atoms with van der Waals surface area (Å²) in [5, 5.41) is 18.4. The van der Waals surface area contributed by atoms with Crippen LogP contribution in [0.25, 0.3) is 0 Å². The van der Waals surface area contributed by atoms with Crippen LogP contribution in [-0.2, 0) is 11.2 Å². The maximum absolute atomic E-state index is 10.7. The van der Waals surface area contributed by atoms with Gasteiger partial charge in [0.15, 0.2) is 0 Å². The highest BCUT2D eigenvalue weighted by atomic mass is 127. The molecule has 0 fully saturated rings. The van der Waals surface area contributed by atoms with Gasteiger partial charge in [-0.25, -0.2) is 0 Å². The van der Waals surface area contributed by atoms with Crippen LogP contribution < -0.4 is 5.73 Å². The van der Waals surface area contributed by atoms with E-state index in [1.165, 1.54) is 0 Å². The Morgan fingerprint density at radius 1 is 1.38 bits per heavy atom. The third-order valence-electron chi connectivity index (χ3n) is 1.98. The Kier molecular flexibility index (Phi) is 5.51. The summed E-state index contributed by atoms with van der Waals surface area (Å²) in [5.41, 5.74) is 6.38. The van der Waals surface area contributed by atoms with Crippen molar-refractivity contribution in [3.63, 3.8) is 0 Å². The van der Waals surface area contributed by atoms with E-state index in [9.17, 15) is 9.90 Å². The maximum Gasteiger partial charge on any atom is 0.320 e. The highest BCUT2D eigenvalue weighted by Gasteiger charge is 2.19. The monoisotopic (exact) mass is 559 g/mol. The van der Waals surface area contributed by atoms with Crippen LogP contribution in [0.15, 0.2) is 6.07 Å². The van der Waals surface area contributed by atoms with E-state index in [1.54, 1.807) is 6.07 Å². The summed E-state index contributed by atoms with van der Waals surface area (Å²) in [4.78, 5) is 10.7. The first-order valence-electron chi connectivity index (χ1n) is 4.18. The van der Waals surface area contributed by atoms with Crippen molar-refractivity contribution in [3.05, 3.63) is 22.3 Å². The van der Waals surface area contributed by atoms with E-state index in [0.29, 0.717) is 0 Å². The Hall–Kier alpha value is 0.640. The lowest BCUT2D eigenvalue weighted by molar-refractivity contribution is -0.138. The number of hydrogen-bond donors (Lipinski definition) is 3. The molecule has 16 heavy (non-hydrogen) atoms. The second-order valence-corrected chi connectivity index (χ2v) is 6.45. The zero-order valence-corrected chi connectivity index (χ0v) is 14.3. The predicted molar refractivity (Wildman–Crippen MR) is 85.6 cm³/mol. The number of aromatic hydroxyl groups is 1. The molecule has 0 unspecified atom stereocenters. The van der Waals surface area contributed by atoms with Crippen LogP contribution in [0.5, 0.6) is 5.75 Å². The van der Waals surface area contributed by atoms with Gasteiger partial charge in [0.1, 0.15) is 11.8 Å². The molecule has 0 aliphatic carbocycles. The number of phenolic OH excluding ortho intramolecular Hbond substituents is 1. The van der Waals surface area contributed by atoms with Crippen molar-refractivity contribution in [1.29, 1.82) is 0 Å². The van der Waals surface area contributed by atoms with Gasteiger partial charge < -0.3 is 15.9 Å². The molecule has 4 nitrogen and oxygen atoms in total. The first-order valence-corrected chi connectivity index (χ1v) is 7.42. The lowest BCUT2D eigenvalue weighted by Crippen LogP contribution is -2.32. The number of aliphatic carboxylic acids is 1. The third-order valence-corrected chi connectivity index (χ3v) is 6.25. The van der Waals surface area contributed by atoms with Gasteiger partial charge in [-0.3, -0.25) is 4.79 Å². The molecule has 0 aliphatic heterocycles. The Balaban J connectivity index is 3.14. The van der Waals surface area contributed by atoms with Crippen molar-refractivity contribution in [2.45, 2.75) is 12.5 Å². The van der Waals surface area contributed by atoms with E-state index < -0.39 is 12.0 Å². The molecular weight excluding hydrogens is 551 g/mol. The van der Waals surface area contributed by atoms with Crippen LogP contribution in [0.1, 0.15) is 5.56 Å². The average molecular weight is 559 g/mol. The second kappa shape index (κ2) is 6.00. The Bertz CT molecular complexity index is 436. The highest BCUT2D eigenvalue weighted by Crippen LogP contribution is 2.32. The second-order valence-electron chi connectivity index (χ2n) is 3.13.